The van der Waals surface area contributed by atoms with E-state index in [0.29, 0.717) is 11.8 Å². The molecule has 2 rings (SSSR count). The van der Waals surface area contributed by atoms with Crippen LogP contribution >= 0.6 is 0 Å². The molecule has 0 aliphatic heterocycles. The van der Waals surface area contributed by atoms with Gasteiger partial charge in [-0.3, -0.25) is 4.79 Å². The molecule has 17 heavy (non-hydrogen) atoms. The van der Waals surface area contributed by atoms with Gasteiger partial charge in [-0.15, -0.1) is 0 Å². The number of benzene rings is 1. The van der Waals surface area contributed by atoms with Gasteiger partial charge >= 0.3 is 5.97 Å². The standard InChI is InChI=1S/C13H11NO3/c1-2-17-13(16)10-7-9-5-3-4-6-11(9)14-12(10)8-15/h3-8H,2H2,1H3. The molecule has 0 amide bonds. The van der Waals surface area contributed by atoms with E-state index in [9.17, 15) is 9.59 Å². The molecule has 0 N–H and O–H groups in total. The summed E-state index contributed by atoms with van der Waals surface area (Å²) < 4.78 is 4.88. The Morgan fingerprint density at radius 2 is 2.18 bits per heavy atom. The number of hydrogen-bond acceptors (Lipinski definition) is 4. The summed E-state index contributed by atoms with van der Waals surface area (Å²) in [6, 6.07) is 8.93. The molecular weight excluding hydrogens is 218 g/mol. The van der Waals surface area contributed by atoms with Crippen molar-refractivity contribution in [2.75, 3.05) is 6.61 Å². The minimum absolute atomic E-state index is 0.113. The Morgan fingerprint density at radius 1 is 1.41 bits per heavy atom. The summed E-state index contributed by atoms with van der Waals surface area (Å²) in [6.07, 6.45) is 0.568. The number of nitrogens with zero attached hydrogens (tertiary/aromatic N) is 1. The van der Waals surface area contributed by atoms with Crippen molar-refractivity contribution >= 4 is 23.2 Å². The zero-order valence-electron chi connectivity index (χ0n) is 9.34. The fraction of sp³-hybridized carbons (Fsp3) is 0.154. The van der Waals surface area contributed by atoms with Crippen LogP contribution in [0.2, 0.25) is 0 Å². The number of esters is 1. The molecule has 86 valence electrons. The summed E-state index contributed by atoms with van der Waals surface area (Å²) in [6.45, 7) is 1.98. The highest BCUT2D eigenvalue weighted by molar-refractivity contribution is 6.00. The van der Waals surface area contributed by atoms with E-state index in [1.165, 1.54) is 0 Å². The van der Waals surface area contributed by atoms with E-state index in [2.05, 4.69) is 4.98 Å². The average molecular weight is 229 g/mol. The molecule has 0 unspecified atom stereocenters. The molecule has 2 aromatic rings. The zero-order chi connectivity index (χ0) is 12.3. The molecule has 1 aromatic heterocycles. The lowest BCUT2D eigenvalue weighted by atomic mass is 10.1. The molecule has 0 saturated carbocycles. The second kappa shape index (κ2) is 4.74. The van der Waals surface area contributed by atoms with Crippen LogP contribution < -0.4 is 0 Å². The summed E-state index contributed by atoms with van der Waals surface area (Å²) in [4.78, 5) is 26.7. The average Bonchev–Trinajstić information content (AvgIpc) is 2.37. The molecule has 0 radical (unpaired) electrons. The highest BCUT2D eigenvalue weighted by atomic mass is 16.5. The first kappa shape index (κ1) is 11.3. The summed E-state index contributed by atoms with van der Waals surface area (Å²) in [5, 5.41) is 0.807. The lowest BCUT2D eigenvalue weighted by Crippen LogP contribution is -2.09. The van der Waals surface area contributed by atoms with Crippen LogP contribution in [0.4, 0.5) is 0 Å². The number of fused-ring (bicyclic) bond motifs is 1. The number of rotatable bonds is 3. The number of carbonyl (C=O) groups excluding carboxylic acids is 2. The molecule has 0 atom stereocenters. The van der Waals surface area contributed by atoms with Gasteiger partial charge in [-0.2, -0.15) is 0 Å². The normalized spacial score (nSPS) is 10.2. The van der Waals surface area contributed by atoms with Gasteiger partial charge in [-0.05, 0) is 19.1 Å². The van der Waals surface area contributed by atoms with Gasteiger partial charge in [0.15, 0.2) is 6.29 Å². The fourth-order valence-electron chi connectivity index (χ4n) is 1.59. The Hall–Kier alpha value is -2.23. The van der Waals surface area contributed by atoms with Crippen LogP contribution in [0.25, 0.3) is 10.9 Å². The zero-order valence-corrected chi connectivity index (χ0v) is 9.34. The van der Waals surface area contributed by atoms with E-state index in [4.69, 9.17) is 4.74 Å². The van der Waals surface area contributed by atoms with Crippen molar-refractivity contribution in [2.24, 2.45) is 0 Å². The van der Waals surface area contributed by atoms with Crippen LogP contribution in [-0.2, 0) is 4.74 Å². The minimum atomic E-state index is -0.521. The van der Waals surface area contributed by atoms with E-state index in [-0.39, 0.29) is 17.9 Å². The van der Waals surface area contributed by atoms with Crippen LogP contribution in [0, 0.1) is 0 Å². The van der Waals surface area contributed by atoms with Gasteiger partial charge in [0, 0.05) is 5.39 Å². The summed E-state index contributed by atoms with van der Waals surface area (Å²) in [5.74, 6) is -0.521. The van der Waals surface area contributed by atoms with E-state index < -0.39 is 5.97 Å². The van der Waals surface area contributed by atoms with Crippen molar-refractivity contribution < 1.29 is 14.3 Å². The maximum Gasteiger partial charge on any atom is 0.340 e. The summed E-state index contributed by atoms with van der Waals surface area (Å²) in [7, 11) is 0. The highest BCUT2D eigenvalue weighted by Crippen LogP contribution is 2.16. The van der Waals surface area contributed by atoms with Gasteiger partial charge in [-0.25, -0.2) is 9.78 Å². The van der Waals surface area contributed by atoms with Crippen LogP contribution in [0.3, 0.4) is 0 Å². The Bertz CT molecular complexity index is 578. The van der Waals surface area contributed by atoms with Crippen LogP contribution in [0.1, 0.15) is 27.8 Å². The Labute approximate surface area is 98.2 Å². The number of carbonyl (C=O) groups is 2. The summed E-state index contributed by atoms with van der Waals surface area (Å²) in [5.41, 5.74) is 1.00. The molecule has 0 aliphatic carbocycles. The number of pyridine rings is 1. The molecule has 0 saturated heterocycles. The van der Waals surface area contributed by atoms with Gasteiger partial charge < -0.3 is 4.74 Å². The SMILES string of the molecule is CCOC(=O)c1cc2ccccc2nc1C=O. The van der Waals surface area contributed by atoms with Crippen molar-refractivity contribution in [3.8, 4) is 0 Å². The van der Waals surface area contributed by atoms with E-state index in [1.807, 2.05) is 18.2 Å². The van der Waals surface area contributed by atoms with Gasteiger partial charge in [0.25, 0.3) is 0 Å². The molecular formula is C13H11NO3. The van der Waals surface area contributed by atoms with E-state index >= 15 is 0 Å². The molecule has 0 bridgehead atoms. The first-order valence-electron chi connectivity index (χ1n) is 5.28. The molecule has 0 spiro atoms. The van der Waals surface area contributed by atoms with Crippen LogP contribution in [0.5, 0.6) is 0 Å². The Morgan fingerprint density at radius 3 is 2.88 bits per heavy atom. The molecule has 1 heterocycles. The van der Waals surface area contributed by atoms with Crippen molar-refractivity contribution in [1.29, 1.82) is 0 Å². The molecule has 0 fully saturated rings. The van der Waals surface area contributed by atoms with E-state index in [0.717, 1.165) is 5.39 Å². The topological polar surface area (TPSA) is 56.3 Å². The predicted molar refractivity (Wildman–Crippen MR) is 63.1 cm³/mol. The van der Waals surface area contributed by atoms with Gasteiger partial charge in [-0.1, -0.05) is 18.2 Å². The minimum Gasteiger partial charge on any atom is -0.462 e. The third-order valence-corrected chi connectivity index (χ3v) is 2.36. The lowest BCUT2D eigenvalue weighted by Gasteiger charge is -2.05. The molecule has 1 aromatic carbocycles. The first-order chi connectivity index (χ1) is 8.26. The van der Waals surface area contributed by atoms with Gasteiger partial charge in [0.2, 0.25) is 0 Å². The number of ether oxygens (including phenoxy) is 1. The van der Waals surface area contributed by atoms with Crippen molar-refractivity contribution in [1.82, 2.24) is 4.98 Å². The largest absolute Gasteiger partial charge is 0.462 e. The molecule has 0 aliphatic rings. The number of para-hydroxylation sites is 1. The smallest absolute Gasteiger partial charge is 0.340 e. The van der Waals surface area contributed by atoms with Gasteiger partial charge in [0.05, 0.1) is 17.7 Å². The van der Waals surface area contributed by atoms with Crippen LogP contribution in [-0.4, -0.2) is 23.8 Å². The summed E-state index contributed by atoms with van der Waals surface area (Å²) >= 11 is 0. The number of hydrogen-bond donors (Lipinski definition) is 0. The molecule has 4 heteroatoms. The highest BCUT2D eigenvalue weighted by Gasteiger charge is 2.14. The first-order valence-corrected chi connectivity index (χ1v) is 5.28. The second-order valence-corrected chi connectivity index (χ2v) is 3.45. The third kappa shape index (κ3) is 2.15. The lowest BCUT2D eigenvalue weighted by molar-refractivity contribution is 0.0524. The maximum absolute atomic E-state index is 11.6. The Kier molecular flexibility index (Phi) is 3.14. The van der Waals surface area contributed by atoms with Crippen molar-refractivity contribution in [2.45, 2.75) is 6.92 Å². The number of aldehydes is 1. The van der Waals surface area contributed by atoms with E-state index in [1.54, 1.807) is 19.1 Å². The number of aromatic nitrogens is 1. The second-order valence-electron chi connectivity index (χ2n) is 3.45. The molecule has 4 nitrogen and oxygen atoms in total. The third-order valence-electron chi connectivity index (χ3n) is 2.36. The van der Waals surface area contributed by atoms with Crippen molar-refractivity contribution in [3.05, 3.63) is 41.6 Å². The Balaban J connectivity index is 2.60. The van der Waals surface area contributed by atoms with Crippen LogP contribution in [0.15, 0.2) is 30.3 Å². The van der Waals surface area contributed by atoms with Gasteiger partial charge in [0.1, 0.15) is 5.69 Å². The quantitative estimate of drug-likeness (QED) is 0.598. The predicted octanol–water partition coefficient (Wildman–Crippen LogP) is 2.22. The van der Waals surface area contributed by atoms with Crippen molar-refractivity contribution in [3.63, 3.8) is 0 Å². The maximum atomic E-state index is 11.6. The fourth-order valence-corrected chi connectivity index (χ4v) is 1.59. The monoisotopic (exact) mass is 229 g/mol.